The Morgan fingerprint density at radius 3 is 2.50 bits per heavy atom. The molecule has 1 aromatic carbocycles. The Morgan fingerprint density at radius 2 is 1.95 bits per heavy atom. The lowest BCUT2D eigenvalue weighted by Crippen LogP contribution is -1.96. The number of nitro groups is 1. The van der Waals surface area contributed by atoms with Crippen LogP contribution in [0.1, 0.15) is 10.4 Å². The van der Waals surface area contributed by atoms with Gasteiger partial charge in [-0.05, 0) is 44.0 Å². The van der Waals surface area contributed by atoms with Crippen LogP contribution in [0.25, 0.3) is 0 Å². The van der Waals surface area contributed by atoms with Crippen molar-refractivity contribution in [1.82, 2.24) is 4.98 Å². The van der Waals surface area contributed by atoms with Crippen molar-refractivity contribution in [2.45, 2.75) is 0 Å². The molecule has 0 N–H and O–H groups in total. The van der Waals surface area contributed by atoms with Crippen LogP contribution in [0.2, 0.25) is 0 Å². The van der Waals surface area contributed by atoms with Gasteiger partial charge in [-0.3, -0.25) is 14.9 Å². The van der Waals surface area contributed by atoms with Crippen LogP contribution in [0, 0.1) is 10.1 Å². The van der Waals surface area contributed by atoms with Crippen molar-refractivity contribution in [3.05, 3.63) is 55.1 Å². The SMILES string of the molecule is O=Cc1cccnc1Oc1c(Br)cc([N+](=O)[O-])cc1Br. The third-order valence-corrected chi connectivity index (χ3v) is 3.50. The van der Waals surface area contributed by atoms with E-state index in [0.717, 1.165) is 0 Å². The maximum atomic E-state index is 10.9. The number of pyridine rings is 1. The Bertz CT molecular complexity index is 668. The maximum absolute atomic E-state index is 10.9. The standard InChI is InChI=1S/C12H6Br2N2O4/c13-9-4-8(16(18)19)5-10(14)11(9)20-12-7(6-17)2-1-3-15-12/h1-6H. The van der Waals surface area contributed by atoms with Crippen LogP contribution in [0.5, 0.6) is 11.6 Å². The van der Waals surface area contributed by atoms with Crippen molar-refractivity contribution in [3.63, 3.8) is 0 Å². The second-order valence-corrected chi connectivity index (χ2v) is 5.32. The highest BCUT2D eigenvalue weighted by atomic mass is 79.9. The van der Waals surface area contributed by atoms with Gasteiger partial charge >= 0.3 is 0 Å². The summed E-state index contributed by atoms with van der Waals surface area (Å²) < 4.78 is 6.29. The molecule has 0 atom stereocenters. The van der Waals surface area contributed by atoms with E-state index in [1.54, 1.807) is 12.1 Å². The monoisotopic (exact) mass is 400 g/mol. The van der Waals surface area contributed by atoms with Gasteiger partial charge < -0.3 is 4.74 Å². The second kappa shape index (κ2) is 6.10. The summed E-state index contributed by atoms with van der Waals surface area (Å²) in [5, 5.41) is 10.7. The molecule has 0 aliphatic carbocycles. The Balaban J connectivity index is 2.44. The normalized spacial score (nSPS) is 10.1. The second-order valence-electron chi connectivity index (χ2n) is 3.61. The molecule has 2 aromatic rings. The molecular weight excluding hydrogens is 396 g/mol. The lowest BCUT2D eigenvalue weighted by atomic mass is 10.3. The summed E-state index contributed by atoms with van der Waals surface area (Å²) in [5.74, 6) is 0.426. The topological polar surface area (TPSA) is 82.3 Å². The fourth-order valence-electron chi connectivity index (χ4n) is 1.42. The minimum absolute atomic E-state index is 0.0901. The molecule has 0 saturated heterocycles. The number of hydrogen-bond acceptors (Lipinski definition) is 5. The van der Waals surface area contributed by atoms with Crippen molar-refractivity contribution < 1.29 is 14.5 Å². The third-order valence-electron chi connectivity index (χ3n) is 2.32. The molecule has 6 nitrogen and oxygen atoms in total. The highest BCUT2D eigenvalue weighted by Crippen LogP contribution is 2.39. The Morgan fingerprint density at radius 1 is 1.30 bits per heavy atom. The molecule has 0 saturated carbocycles. The molecule has 20 heavy (non-hydrogen) atoms. The van der Waals surface area contributed by atoms with Gasteiger partial charge in [-0.15, -0.1) is 0 Å². The average Bonchev–Trinajstić information content (AvgIpc) is 2.42. The Hall–Kier alpha value is -1.80. The van der Waals surface area contributed by atoms with Gasteiger partial charge in [0.05, 0.1) is 19.4 Å². The van der Waals surface area contributed by atoms with E-state index in [1.807, 2.05) is 0 Å². The number of nitro benzene ring substituents is 1. The van der Waals surface area contributed by atoms with Gasteiger partial charge in [0.25, 0.3) is 5.69 Å². The van der Waals surface area contributed by atoms with Crippen LogP contribution in [-0.2, 0) is 0 Å². The minimum atomic E-state index is -0.517. The molecule has 0 radical (unpaired) electrons. The molecule has 1 aromatic heterocycles. The molecule has 0 aliphatic heterocycles. The summed E-state index contributed by atoms with van der Waals surface area (Å²) in [6, 6.07) is 5.78. The number of aromatic nitrogens is 1. The van der Waals surface area contributed by atoms with E-state index in [4.69, 9.17) is 4.74 Å². The summed E-state index contributed by atoms with van der Waals surface area (Å²) >= 11 is 6.39. The predicted octanol–water partition coefficient (Wildman–Crippen LogP) is 4.12. The molecule has 0 aliphatic rings. The fourth-order valence-corrected chi connectivity index (χ4v) is 2.75. The molecule has 102 valence electrons. The number of carbonyl (C=O) groups excluding carboxylic acids is 1. The molecule has 0 amide bonds. The van der Waals surface area contributed by atoms with E-state index < -0.39 is 4.92 Å². The number of non-ortho nitro benzene ring substituents is 1. The van der Waals surface area contributed by atoms with E-state index in [9.17, 15) is 14.9 Å². The first-order valence-electron chi connectivity index (χ1n) is 5.24. The van der Waals surface area contributed by atoms with Gasteiger partial charge in [0.2, 0.25) is 5.88 Å². The van der Waals surface area contributed by atoms with Crippen LogP contribution in [0.3, 0.4) is 0 Å². The zero-order valence-electron chi connectivity index (χ0n) is 9.75. The molecular formula is C12H6Br2N2O4. The number of benzene rings is 1. The molecule has 8 heteroatoms. The number of halogens is 2. The molecule has 1 heterocycles. The molecule has 0 fully saturated rings. The lowest BCUT2D eigenvalue weighted by Gasteiger charge is -2.10. The zero-order chi connectivity index (χ0) is 14.7. The lowest BCUT2D eigenvalue weighted by molar-refractivity contribution is -0.385. The number of nitrogens with zero attached hydrogens (tertiary/aromatic N) is 2. The number of aldehydes is 1. The highest BCUT2D eigenvalue weighted by Gasteiger charge is 2.17. The largest absolute Gasteiger partial charge is 0.436 e. The van der Waals surface area contributed by atoms with Crippen molar-refractivity contribution in [1.29, 1.82) is 0 Å². The van der Waals surface area contributed by atoms with E-state index in [-0.39, 0.29) is 17.1 Å². The van der Waals surface area contributed by atoms with Gasteiger partial charge in [-0.1, -0.05) is 0 Å². The average molecular weight is 402 g/mol. The third kappa shape index (κ3) is 3.02. The summed E-state index contributed by atoms with van der Waals surface area (Å²) in [5.41, 5.74) is 0.192. The quantitative estimate of drug-likeness (QED) is 0.437. The first kappa shape index (κ1) is 14.6. The van der Waals surface area contributed by atoms with Gasteiger partial charge in [0.15, 0.2) is 12.0 Å². The van der Waals surface area contributed by atoms with Gasteiger partial charge in [0.1, 0.15) is 0 Å². The molecule has 0 spiro atoms. The van der Waals surface area contributed by atoms with Gasteiger partial charge in [-0.2, -0.15) is 0 Å². The van der Waals surface area contributed by atoms with E-state index in [0.29, 0.717) is 21.0 Å². The molecule has 0 unspecified atom stereocenters. The first-order chi connectivity index (χ1) is 9.52. The number of rotatable bonds is 4. The first-order valence-corrected chi connectivity index (χ1v) is 6.83. The maximum Gasteiger partial charge on any atom is 0.271 e. The van der Waals surface area contributed by atoms with Gasteiger partial charge in [-0.25, -0.2) is 4.98 Å². The Labute approximate surface area is 130 Å². The summed E-state index contributed by atoms with van der Waals surface area (Å²) in [7, 11) is 0. The van der Waals surface area contributed by atoms with Crippen LogP contribution >= 0.6 is 31.9 Å². The highest BCUT2D eigenvalue weighted by molar-refractivity contribution is 9.11. The number of hydrogen-bond donors (Lipinski definition) is 0. The molecule has 2 rings (SSSR count). The van der Waals surface area contributed by atoms with Crippen LogP contribution in [0.15, 0.2) is 39.4 Å². The van der Waals surface area contributed by atoms with E-state index in [1.165, 1.54) is 18.3 Å². The minimum Gasteiger partial charge on any atom is -0.436 e. The summed E-state index contributed by atoms with van der Waals surface area (Å²) in [4.78, 5) is 25.1. The van der Waals surface area contributed by atoms with Crippen molar-refractivity contribution in [2.24, 2.45) is 0 Å². The predicted molar refractivity (Wildman–Crippen MR) is 78.2 cm³/mol. The van der Waals surface area contributed by atoms with Crippen LogP contribution < -0.4 is 4.74 Å². The fraction of sp³-hybridized carbons (Fsp3) is 0. The van der Waals surface area contributed by atoms with Crippen LogP contribution in [-0.4, -0.2) is 16.2 Å². The van der Waals surface area contributed by atoms with E-state index in [2.05, 4.69) is 36.8 Å². The Kier molecular flexibility index (Phi) is 4.46. The zero-order valence-corrected chi connectivity index (χ0v) is 12.9. The van der Waals surface area contributed by atoms with Crippen molar-refractivity contribution >= 4 is 43.8 Å². The summed E-state index contributed by atoms with van der Waals surface area (Å²) in [6.07, 6.45) is 2.10. The molecule has 0 bridgehead atoms. The van der Waals surface area contributed by atoms with Gasteiger partial charge in [0, 0.05) is 18.3 Å². The van der Waals surface area contributed by atoms with Crippen LogP contribution in [0.4, 0.5) is 5.69 Å². The number of carbonyl (C=O) groups is 1. The smallest absolute Gasteiger partial charge is 0.271 e. The van der Waals surface area contributed by atoms with Crippen molar-refractivity contribution in [3.8, 4) is 11.6 Å². The van der Waals surface area contributed by atoms with E-state index >= 15 is 0 Å². The number of ether oxygens (including phenoxy) is 1. The summed E-state index contributed by atoms with van der Waals surface area (Å²) in [6.45, 7) is 0. The van der Waals surface area contributed by atoms with Crippen molar-refractivity contribution in [2.75, 3.05) is 0 Å².